The fourth-order valence-electron chi connectivity index (χ4n) is 3.54. The number of amides is 1. The van der Waals surface area contributed by atoms with Gasteiger partial charge in [0.1, 0.15) is 0 Å². The predicted octanol–water partition coefficient (Wildman–Crippen LogP) is 3.53. The summed E-state index contributed by atoms with van der Waals surface area (Å²) in [5, 5.41) is 11.4. The van der Waals surface area contributed by atoms with Gasteiger partial charge >= 0.3 is 0 Å². The van der Waals surface area contributed by atoms with E-state index in [1.807, 2.05) is 55.5 Å². The van der Waals surface area contributed by atoms with E-state index in [9.17, 15) is 4.79 Å². The number of piperazine rings is 1. The molecule has 1 N–H and O–H groups in total. The summed E-state index contributed by atoms with van der Waals surface area (Å²) in [5.41, 5.74) is 3.89. The number of anilines is 2. The Hall–Kier alpha value is -3.28. The second kappa shape index (κ2) is 10.4. The van der Waals surface area contributed by atoms with E-state index in [0.717, 1.165) is 48.7 Å². The minimum atomic E-state index is -0.124. The third-order valence-electron chi connectivity index (χ3n) is 5.20. The van der Waals surface area contributed by atoms with E-state index < -0.39 is 0 Å². The van der Waals surface area contributed by atoms with Crippen molar-refractivity contribution in [2.75, 3.05) is 48.7 Å². The van der Waals surface area contributed by atoms with Crippen LogP contribution in [0.3, 0.4) is 0 Å². The summed E-state index contributed by atoms with van der Waals surface area (Å²) in [6, 6.07) is 15.8. The van der Waals surface area contributed by atoms with Crippen LogP contribution in [0.25, 0.3) is 11.5 Å². The van der Waals surface area contributed by atoms with Crippen molar-refractivity contribution in [2.45, 2.75) is 12.1 Å². The topological polar surface area (TPSA) is 74.5 Å². The van der Waals surface area contributed by atoms with E-state index in [4.69, 9.17) is 10.8 Å². The Kier molecular flexibility index (Phi) is 7.10. The van der Waals surface area contributed by atoms with Crippen molar-refractivity contribution in [3.63, 3.8) is 0 Å². The second-order valence-electron chi connectivity index (χ2n) is 7.59. The highest BCUT2D eigenvalue weighted by molar-refractivity contribution is 7.99. The first-order valence-corrected chi connectivity index (χ1v) is 11.4. The molecule has 1 amide bonds. The molecule has 0 saturated carbocycles. The molecular weight excluding hydrogens is 422 g/mol. The van der Waals surface area contributed by atoms with Gasteiger partial charge in [0, 0.05) is 43.1 Å². The van der Waals surface area contributed by atoms with Crippen LogP contribution in [-0.4, -0.2) is 59.5 Å². The maximum absolute atomic E-state index is 12.3. The number of carbonyl (C=O) groups is 1. The van der Waals surface area contributed by atoms with Gasteiger partial charge in [-0.2, -0.15) is 0 Å². The fraction of sp³-hybridized carbons (Fsp3) is 0.292. The standard InChI is InChI=1S/C24H25N5O2S/c1-3-11-28-12-14-29(15-13-28)21-9-7-20(8-10-21)25-22(30)17-32-24-27-26-23(31-24)19-6-4-5-18(2)16-19/h1,4-10,16H,11-15,17H2,2H3,(H,25,30). The van der Waals surface area contributed by atoms with Gasteiger partial charge in [0.2, 0.25) is 11.8 Å². The molecule has 0 radical (unpaired) electrons. The summed E-state index contributed by atoms with van der Waals surface area (Å²) < 4.78 is 5.67. The minimum Gasteiger partial charge on any atom is -0.411 e. The smallest absolute Gasteiger partial charge is 0.277 e. The van der Waals surface area contributed by atoms with Gasteiger partial charge in [-0.15, -0.1) is 16.6 Å². The van der Waals surface area contributed by atoms with E-state index in [-0.39, 0.29) is 11.7 Å². The molecule has 32 heavy (non-hydrogen) atoms. The molecule has 0 unspecified atom stereocenters. The van der Waals surface area contributed by atoms with Gasteiger partial charge in [0.05, 0.1) is 12.3 Å². The summed E-state index contributed by atoms with van der Waals surface area (Å²) in [6.45, 7) is 6.51. The zero-order chi connectivity index (χ0) is 22.3. The Labute approximate surface area is 192 Å². The number of terminal acetylenes is 1. The monoisotopic (exact) mass is 447 g/mol. The first kappa shape index (κ1) is 21.9. The summed E-state index contributed by atoms with van der Waals surface area (Å²) >= 11 is 1.22. The minimum absolute atomic E-state index is 0.124. The molecule has 0 aliphatic carbocycles. The Morgan fingerprint density at radius 3 is 2.66 bits per heavy atom. The Morgan fingerprint density at radius 2 is 1.94 bits per heavy atom. The van der Waals surface area contributed by atoms with Crippen LogP contribution in [0.15, 0.2) is 58.2 Å². The molecule has 4 rings (SSSR count). The van der Waals surface area contributed by atoms with Gasteiger partial charge in [-0.1, -0.05) is 35.4 Å². The molecule has 0 bridgehead atoms. The number of rotatable bonds is 7. The van der Waals surface area contributed by atoms with Crippen molar-refractivity contribution < 1.29 is 9.21 Å². The molecule has 2 aromatic carbocycles. The lowest BCUT2D eigenvalue weighted by atomic mass is 10.1. The lowest BCUT2D eigenvalue weighted by molar-refractivity contribution is -0.113. The molecule has 1 fully saturated rings. The summed E-state index contributed by atoms with van der Waals surface area (Å²) in [5.74, 6) is 3.22. The molecule has 1 saturated heterocycles. The van der Waals surface area contributed by atoms with Crippen LogP contribution in [0.5, 0.6) is 0 Å². The average Bonchev–Trinajstić information content (AvgIpc) is 3.28. The van der Waals surface area contributed by atoms with Crippen molar-refractivity contribution in [3.05, 3.63) is 54.1 Å². The van der Waals surface area contributed by atoms with E-state index >= 15 is 0 Å². The van der Waals surface area contributed by atoms with Crippen molar-refractivity contribution in [3.8, 4) is 23.8 Å². The molecular formula is C24H25N5O2S. The van der Waals surface area contributed by atoms with Gasteiger partial charge < -0.3 is 14.6 Å². The highest BCUT2D eigenvalue weighted by Crippen LogP contribution is 2.24. The quantitative estimate of drug-likeness (QED) is 0.439. The molecule has 7 nitrogen and oxygen atoms in total. The van der Waals surface area contributed by atoms with Crippen LogP contribution < -0.4 is 10.2 Å². The number of hydrogen-bond donors (Lipinski definition) is 1. The number of aryl methyl sites for hydroxylation is 1. The van der Waals surface area contributed by atoms with Crippen LogP contribution in [0.1, 0.15) is 5.56 Å². The maximum atomic E-state index is 12.3. The highest BCUT2D eigenvalue weighted by Gasteiger charge is 2.16. The molecule has 2 heterocycles. The number of carbonyl (C=O) groups excluding carboxylic acids is 1. The highest BCUT2D eigenvalue weighted by atomic mass is 32.2. The summed E-state index contributed by atoms with van der Waals surface area (Å²) in [6.07, 6.45) is 5.39. The molecule has 0 atom stereocenters. The molecule has 1 aliphatic heterocycles. The van der Waals surface area contributed by atoms with E-state index in [2.05, 4.69) is 31.2 Å². The zero-order valence-electron chi connectivity index (χ0n) is 18.0. The van der Waals surface area contributed by atoms with Gasteiger partial charge in [-0.05, 0) is 43.3 Å². The van der Waals surface area contributed by atoms with E-state index in [1.165, 1.54) is 11.8 Å². The van der Waals surface area contributed by atoms with Crippen molar-refractivity contribution in [2.24, 2.45) is 0 Å². The summed E-state index contributed by atoms with van der Waals surface area (Å²) in [4.78, 5) is 16.9. The second-order valence-corrected chi connectivity index (χ2v) is 8.52. The first-order chi connectivity index (χ1) is 15.6. The third-order valence-corrected chi connectivity index (χ3v) is 6.02. The number of aromatic nitrogens is 2. The Morgan fingerprint density at radius 1 is 1.16 bits per heavy atom. The molecule has 0 spiro atoms. The number of nitrogens with zero attached hydrogens (tertiary/aromatic N) is 4. The van der Waals surface area contributed by atoms with Crippen LogP contribution >= 0.6 is 11.8 Å². The van der Waals surface area contributed by atoms with E-state index in [0.29, 0.717) is 17.7 Å². The van der Waals surface area contributed by atoms with Gasteiger partial charge in [0.25, 0.3) is 5.22 Å². The van der Waals surface area contributed by atoms with Crippen LogP contribution in [-0.2, 0) is 4.79 Å². The lowest BCUT2D eigenvalue weighted by Gasteiger charge is -2.35. The Bertz CT molecular complexity index is 1100. The summed E-state index contributed by atoms with van der Waals surface area (Å²) in [7, 11) is 0. The van der Waals surface area contributed by atoms with Crippen LogP contribution in [0.4, 0.5) is 11.4 Å². The number of nitrogens with one attached hydrogen (secondary N) is 1. The number of hydrogen-bond acceptors (Lipinski definition) is 7. The first-order valence-electron chi connectivity index (χ1n) is 10.4. The molecule has 3 aromatic rings. The predicted molar refractivity (Wildman–Crippen MR) is 128 cm³/mol. The van der Waals surface area contributed by atoms with E-state index in [1.54, 1.807) is 0 Å². The molecule has 8 heteroatoms. The molecule has 1 aliphatic rings. The van der Waals surface area contributed by atoms with Crippen LogP contribution in [0.2, 0.25) is 0 Å². The zero-order valence-corrected chi connectivity index (χ0v) is 18.8. The molecule has 1 aromatic heterocycles. The molecule has 164 valence electrons. The Balaban J connectivity index is 1.25. The van der Waals surface area contributed by atoms with Crippen molar-refractivity contribution >= 4 is 29.0 Å². The lowest BCUT2D eigenvalue weighted by Crippen LogP contribution is -2.46. The SMILES string of the molecule is C#CCN1CCN(c2ccc(NC(=O)CSc3nnc(-c4cccc(C)c4)o3)cc2)CC1. The fourth-order valence-corrected chi connectivity index (χ4v) is 4.10. The maximum Gasteiger partial charge on any atom is 0.277 e. The normalized spacial score (nSPS) is 14.2. The average molecular weight is 448 g/mol. The van der Waals surface area contributed by atoms with Crippen molar-refractivity contribution in [1.29, 1.82) is 0 Å². The van der Waals surface area contributed by atoms with Gasteiger partial charge in [0.15, 0.2) is 0 Å². The largest absolute Gasteiger partial charge is 0.411 e. The van der Waals surface area contributed by atoms with Crippen LogP contribution in [0, 0.1) is 19.3 Å². The van der Waals surface area contributed by atoms with Crippen molar-refractivity contribution in [1.82, 2.24) is 15.1 Å². The third kappa shape index (κ3) is 5.69. The van der Waals surface area contributed by atoms with Gasteiger partial charge in [-0.25, -0.2) is 0 Å². The number of thioether (sulfide) groups is 1. The van der Waals surface area contributed by atoms with Gasteiger partial charge in [-0.3, -0.25) is 9.69 Å². The number of benzene rings is 2.